The van der Waals surface area contributed by atoms with E-state index >= 15 is 0 Å². The number of hydrogen-bond acceptors (Lipinski definition) is 3. The number of hydrogen-bond donors (Lipinski definition) is 1. The molecule has 19 heavy (non-hydrogen) atoms. The monoisotopic (exact) mass is 279 g/mol. The van der Waals surface area contributed by atoms with Crippen molar-refractivity contribution in [3.8, 4) is 0 Å². The van der Waals surface area contributed by atoms with Gasteiger partial charge in [-0.1, -0.05) is 18.5 Å². The quantitative estimate of drug-likeness (QED) is 0.914. The number of nitrogens with zero attached hydrogens (tertiary/aromatic N) is 3. The SMILES string of the molecule is CCC(C)n1ccc(CC(O)c2ccc(Cl)cn2)n1. The van der Waals surface area contributed by atoms with Crippen LogP contribution in [0.15, 0.2) is 30.6 Å². The zero-order valence-electron chi connectivity index (χ0n) is 11.1. The van der Waals surface area contributed by atoms with Crippen molar-refractivity contribution in [3.05, 3.63) is 47.0 Å². The number of aliphatic hydroxyl groups is 1. The molecule has 0 radical (unpaired) electrons. The molecule has 2 aromatic rings. The average molecular weight is 280 g/mol. The molecule has 1 N–H and O–H groups in total. The van der Waals surface area contributed by atoms with Crippen molar-refractivity contribution in [1.29, 1.82) is 0 Å². The van der Waals surface area contributed by atoms with Gasteiger partial charge in [0, 0.05) is 24.9 Å². The summed E-state index contributed by atoms with van der Waals surface area (Å²) in [6.07, 6.45) is 4.32. The van der Waals surface area contributed by atoms with Crippen molar-refractivity contribution in [3.63, 3.8) is 0 Å². The molecule has 5 heteroatoms. The second kappa shape index (κ2) is 6.17. The molecule has 0 aromatic carbocycles. The molecule has 2 heterocycles. The first kappa shape index (κ1) is 14.0. The van der Waals surface area contributed by atoms with E-state index in [2.05, 4.69) is 23.9 Å². The molecule has 2 rings (SSSR count). The number of halogens is 1. The van der Waals surface area contributed by atoms with Gasteiger partial charge < -0.3 is 5.11 Å². The summed E-state index contributed by atoms with van der Waals surface area (Å²) in [6, 6.07) is 5.77. The van der Waals surface area contributed by atoms with Gasteiger partial charge >= 0.3 is 0 Å². The van der Waals surface area contributed by atoms with Crippen LogP contribution < -0.4 is 0 Å². The predicted octanol–water partition coefficient (Wildman–Crippen LogP) is 3.18. The van der Waals surface area contributed by atoms with Crippen LogP contribution >= 0.6 is 11.6 Å². The fourth-order valence-electron chi connectivity index (χ4n) is 1.81. The molecule has 102 valence electrons. The standard InChI is InChI=1S/C14H18ClN3O/c1-3-10(2)18-7-6-12(17-18)8-14(19)13-5-4-11(15)9-16-13/h4-7,9-10,14,19H,3,8H2,1-2H3. The lowest BCUT2D eigenvalue weighted by atomic mass is 10.1. The fraction of sp³-hybridized carbons (Fsp3) is 0.429. The Kier molecular flexibility index (Phi) is 4.56. The minimum absolute atomic E-state index is 0.375. The Hall–Kier alpha value is -1.39. The summed E-state index contributed by atoms with van der Waals surface area (Å²) >= 11 is 5.77. The van der Waals surface area contributed by atoms with Crippen LogP contribution in [0.3, 0.4) is 0 Å². The first-order valence-corrected chi connectivity index (χ1v) is 6.81. The van der Waals surface area contributed by atoms with Crippen LogP contribution in [-0.2, 0) is 6.42 Å². The summed E-state index contributed by atoms with van der Waals surface area (Å²) in [4.78, 5) is 4.12. The summed E-state index contributed by atoms with van der Waals surface area (Å²) in [7, 11) is 0. The normalized spacial score (nSPS) is 14.3. The number of pyridine rings is 1. The summed E-state index contributed by atoms with van der Waals surface area (Å²) in [6.45, 7) is 4.24. The highest BCUT2D eigenvalue weighted by molar-refractivity contribution is 6.30. The Labute approximate surface area is 118 Å². The molecule has 0 aliphatic heterocycles. The van der Waals surface area contributed by atoms with E-state index in [4.69, 9.17) is 11.6 Å². The second-order valence-electron chi connectivity index (χ2n) is 4.67. The van der Waals surface area contributed by atoms with Crippen molar-refractivity contribution in [1.82, 2.24) is 14.8 Å². The molecular weight excluding hydrogens is 262 g/mol. The molecule has 0 saturated carbocycles. The zero-order valence-corrected chi connectivity index (χ0v) is 11.9. The Morgan fingerprint density at radius 2 is 2.16 bits per heavy atom. The van der Waals surface area contributed by atoms with Gasteiger partial charge in [-0.15, -0.1) is 0 Å². The van der Waals surface area contributed by atoms with E-state index in [1.54, 1.807) is 12.1 Å². The maximum Gasteiger partial charge on any atom is 0.102 e. The number of rotatable bonds is 5. The van der Waals surface area contributed by atoms with Gasteiger partial charge in [0.1, 0.15) is 6.10 Å². The molecular formula is C14H18ClN3O. The molecule has 0 fully saturated rings. The van der Waals surface area contributed by atoms with E-state index in [1.807, 2.05) is 16.9 Å². The van der Waals surface area contributed by atoms with Crippen molar-refractivity contribution in [2.24, 2.45) is 0 Å². The molecule has 0 aliphatic rings. The minimum atomic E-state index is -0.655. The van der Waals surface area contributed by atoms with Crippen molar-refractivity contribution >= 4 is 11.6 Å². The van der Waals surface area contributed by atoms with Crippen LogP contribution in [0.1, 0.15) is 43.8 Å². The van der Waals surface area contributed by atoms with Gasteiger partial charge in [0.25, 0.3) is 0 Å². The first-order chi connectivity index (χ1) is 9.10. The van der Waals surface area contributed by atoms with Crippen LogP contribution in [0, 0.1) is 0 Å². The van der Waals surface area contributed by atoms with Gasteiger partial charge in [-0.2, -0.15) is 5.10 Å². The highest BCUT2D eigenvalue weighted by Gasteiger charge is 2.13. The fourth-order valence-corrected chi connectivity index (χ4v) is 1.92. The number of aliphatic hydroxyl groups excluding tert-OH is 1. The molecule has 0 bridgehead atoms. The molecule has 0 spiro atoms. The third-order valence-corrected chi connectivity index (χ3v) is 3.42. The van der Waals surface area contributed by atoms with Gasteiger partial charge in [0.15, 0.2) is 0 Å². The van der Waals surface area contributed by atoms with Crippen molar-refractivity contribution < 1.29 is 5.11 Å². The maximum absolute atomic E-state index is 10.1. The summed E-state index contributed by atoms with van der Waals surface area (Å²) in [5, 5.41) is 15.1. The second-order valence-corrected chi connectivity index (χ2v) is 5.10. The Bertz CT molecular complexity index is 524. The molecule has 2 atom stereocenters. The molecule has 4 nitrogen and oxygen atoms in total. The summed E-state index contributed by atoms with van der Waals surface area (Å²) in [5.41, 5.74) is 1.48. The predicted molar refractivity (Wildman–Crippen MR) is 75.1 cm³/mol. The van der Waals surface area contributed by atoms with E-state index in [9.17, 15) is 5.11 Å². The Morgan fingerprint density at radius 3 is 2.79 bits per heavy atom. The molecule has 0 aliphatic carbocycles. The highest BCUT2D eigenvalue weighted by atomic mass is 35.5. The summed E-state index contributed by atoms with van der Waals surface area (Å²) in [5.74, 6) is 0. The van der Waals surface area contributed by atoms with Crippen molar-refractivity contribution in [2.75, 3.05) is 0 Å². The third-order valence-electron chi connectivity index (χ3n) is 3.20. The third kappa shape index (κ3) is 3.55. The van der Waals surface area contributed by atoms with Crippen LogP contribution in [0.5, 0.6) is 0 Å². The van der Waals surface area contributed by atoms with Gasteiger partial charge in [0.05, 0.1) is 16.4 Å². The topological polar surface area (TPSA) is 50.9 Å². The van der Waals surface area contributed by atoms with E-state index in [-0.39, 0.29) is 0 Å². The Balaban J connectivity index is 2.04. The lowest BCUT2D eigenvalue weighted by Crippen LogP contribution is -2.07. The lowest BCUT2D eigenvalue weighted by Gasteiger charge is -2.10. The Morgan fingerprint density at radius 1 is 1.37 bits per heavy atom. The van der Waals surface area contributed by atoms with Crippen LogP contribution in [0.4, 0.5) is 0 Å². The van der Waals surface area contributed by atoms with Crippen molar-refractivity contribution in [2.45, 2.75) is 38.8 Å². The van der Waals surface area contributed by atoms with Crippen LogP contribution in [-0.4, -0.2) is 19.9 Å². The highest BCUT2D eigenvalue weighted by Crippen LogP contribution is 2.18. The van der Waals surface area contributed by atoms with E-state index < -0.39 is 6.10 Å². The van der Waals surface area contributed by atoms with Gasteiger partial charge in [0.2, 0.25) is 0 Å². The van der Waals surface area contributed by atoms with Crippen LogP contribution in [0.2, 0.25) is 5.02 Å². The zero-order chi connectivity index (χ0) is 13.8. The largest absolute Gasteiger partial charge is 0.386 e. The van der Waals surface area contributed by atoms with Gasteiger partial charge in [-0.25, -0.2) is 0 Å². The average Bonchev–Trinajstić information content (AvgIpc) is 2.87. The first-order valence-electron chi connectivity index (χ1n) is 6.43. The van der Waals surface area contributed by atoms with Gasteiger partial charge in [-0.3, -0.25) is 9.67 Å². The van der Waals surface area contributed by atoms with Crippen LogP contribution in [0.25, 0.3) is 0 Å². The molecule has 2 unspecified atom stereocenters. The smallest absolute Gasteiger partial charge is 0.102 e. The maximum atomic E-state index is 10.1. The molecule has 0 saturated heterocycles. The van der Waals surface area contributed by atoms with E-state index in [0.29, 0.717) is 23.2 Å². The molecule has 0 amide bonds. The van der Waals surface area contributed by atoms with Gasteiger partial charge in [-0.05, 0) is 31.5 Å². The molecule has 2 aromatic heterocycles. The van der Waals surface area contributed by atoms with E-state index in [0.717, 1.165) is 12.1 Å². The number of aromatic nitrogens is 3. The summed E-state index contributed by atoms with van der Waals surface area (Å²) < 4.78 is 1.93. The minimum Gasteiger partial charge on any atom is -0.386 e. The van der Waals surface area contributed by atoms with E-state index in [1.165, 1.54) is 6.20 Å². The lowest BCUT2D eigenvalue weighted by molar-refractivity contribution is 0.172.